The fourth-order valence-corrected chi connectivity index (χ4v) is 4.47. The maximum absolute atomic E-state index is 12.9. The van der Waals surface area contributed by atoms with Crippen molar-refractivity contribution in [2.24, 2.45) is 17.8 Å². The zero-order chi connectivity index (χ0) is 14.3. The molecule has 2 bridgehead atoms. The summed E-state index contributed by atoms with van der Waals surface area (Å²) in [5.41, 5.74) is -0.933. The van der Waals surface area contributed by atoms with Crippen LogP contribution < -0.4 is 0 Å². The molecule has 4 nitrogen and oxygen atoms in total. The molecule has 2 aliphatic carbocycles. The average molecular weight is 277 g/mol. The first kappa shape index (κ1) is 13.7. The highest BCUT2D eigenvalue weighted by Crippen LogP contribution is 2.46. The Morgan fingerprint density at radius 3 is 2.70 bits per heavy atom. The van der Waals surface area contributed by atoms with Crippen LogP contribution in [0.3, 0.4) is 0 Å². The van der Waals surface area contributed by atoms with Gasteiger partial charge in [0.15, 0.2) is 0 Å². The molecule has 1 saturated heterocycles. The molecule has 2 fully saturated rings. The molecule has 0 aromatic rings. The van der Waals surface area contributed by atoms with Crippen LogP contribution in [-0.4, -0.2) is 34.0 Å². The highest BCUT2D eigenvalue weighted by molar-refractivity contribution is 5.89. The minimum absolute atomic E-state index is 0.0266. The summed E-state index contributed by atoms with van der Waals surface area (Å²) in [6, 6.07) is 0. The lowest BCUT2D eigenvalue weighted by Gasteiger charge is -2.37. The van der Waals surface area contributed by atoms with E-state index in [1.54, 1.807) is 4.90 Å². The van der Waals surface area contributed by atoms with E-state index in [0.29, 0.717) is 31.2 Å². The van der Waals surface area contributed by atoms with Crippen LogP contribution in [0.4, 0.5) is 0 Å². The van der Waals surface area contributed by atoms with E-state index in [0.717, 1.165) is 25.7 Å². The highest BCUT2D eigenvalue weighted by Gasteiger charge is 2.52. The molecule has 3 aliphatic rings. The SMILES string of the molecule is CCCC1(C(=O)O)CCCN1C(=O)C1CC2C=CC1C2. The van der Waals surface area contributed by atoms with Gasteiger partial charge in [-0.15, -0.1) is 0 Å². The summed E-state index contributed by atoms with van der Waals surface area (Å²) in [4.78, 5) is 26.4. The van der Waals surface area contributed by atoms with Gasteiger partial charge in [-0.05, 0) is 43.9 Å². The van der Waals surface area contributed by atoms with E-state index in [1.165, 1.54) is 0 Å². The molecule has 0 aromatic heterocycles. The van der Waals surface area contributed by atoms with Crippen molar-refractivity contribution in [1.29, 1.82) is 0 Å². The van der Waals surface area contributed by atoms with E-state index >= 15 is 0 Å². The second-order valence-electron chi connectivity index (χ2n) is 6.57. The smallest absolute Gasteiger partial charge is 0.329 e. The van der Waals surface area contributed by atoms with Crippen LogP contribution in [0.5, 0.6) is 0 Å². The Hall–Kier alpha value is -1.32. The Morgan fingerprint density at radius 2 is 2.15 bits per heavy atom. The van der Waals surface area contributed by atoms with Gasteiger partial charge in [0.25, 0.3) is 0 Å². The fourth-order valence-electron chi connectivity index (χ4n) is 4.47. The number of carboxylic acid groups (broad SMARTS) is 1. The lowest BCUT2D eigenvalue weighted by Crippen LogP contribution is -2.55. The quantitative estimate of drug-likeness (QED) is 0.803. The van der Waals surface area contributed by atoms with Gasteiger partial charge in [0.05, 0.1) is 0 Å². The minimum Gasteiger partial charge on any atom is -0.479 e. The predicted molar refractivity (Wildman–Crippen MR) is 75.1 cm³/mol. The number of carboxylic acids is 1. The largest absolute Gasteiger partial charge is 0.479 e. The topological polar surface area (TPSA) is 57.6 Å². The molecule has 4 atom stereocenters. The monoisotopic (exact) mass is 277 g/mol. The van der Waals surface area contributed by atoms with E-state index in [-0.39, 0.29) is 11.8 Å². The molecule has 110 valence electrons. The molecule has 1 heterocycles. The van der Waals surface area contributed by atoms with Crippen molar-refractivity contribution < 1.29 is 14.7 Å². The molecule has 20 heavy (non-hydrogen) atoms. The van der Waals surface area contributed by atoms with Gasteiger partial charge in [-0.2, -0.15) is 0 Å². The lowest BCUT2D eigenvalue weighted by atomic mass is 9.87. The van der Waals surface area contributed by atoms with E-state index in [1.807, 2.05) is 6.92 Å². The molecule has 4 heteroatoms. The summed E-state index contributed by atoms with van der Waals surface area (Å²) in [7, 11) is 0. The zero-order valence-corrected chi connectivity index (χ0v) is 12.0. The van der Waals surface area contributed by atoms with Crippen molar-refractivity contribution in [3.63, 3.8) is 0 Å². The van der Waals surface area contributed by atoms with Crippen molar-refractivity contribution in [3.05, 3.63) is 12.2 Å². The number of amides is 1. The van der Waals surface area contributed by atoms with Crippen LogP contribution in [0.25, 0.3) is 0 Å². The predicted octanol–water partition coefficient (Wildman–Crippen LogP) is 2.44. The van der Waals surface area contributed by atoms with Gasteiger partial charge in [0, 0.05) is 12.5 Å². The van der Waals surface area contributed by atoms with Gasteiger partial charge in [-0.25, -0.2) is 4.79 Å². The minimum atomic E-state index is -0.933. The van der Waals surface area contributed by atoms with Crippen molar-refractivity contribution in [3.8, 4) is 0 Å². The molecule has 0 radical (unpaired) electrons. The van der Waals surface area contributed by atoms with Gasteiger partial charge in [0.2, 0.25) is 5.91 Å². The number of rotatable bonds is 4. The molecule has 3 rings (SSSR count). The second-order valence-corrected chi connectivity index (χ2v) is 6.57. The maximum atomic E-state index is 12.9. The molecule has 1 amide bonds. The summed E-state index contributed by atoms with van der Waals surface area (Å²) >= 11 is 0. The number of allylic oxidation sites excluding steroid dienone is 2. The van der Waals surface area contributed by atoms with E-state index < -0.39 is 11.5 Å². The highest BCUT2D eigenvalue weighted by atomic mass is 16.4. The molecule has 1 saturated carbocycles. The van der Waals surface area contributed by atoms with Gasteiger partial charge in [-0.1, -0.05) is 25.5 Å². The number of aliphatic carboxylic acids is 1. The Kier molecular flexibility index (Phi) is 3.35. The number of carbonyl (C=O) groups excluding carboxylic acids is 1. The van der Waals surface area contributed by atoms with E-state index in [2.05, 4.69) is 12.2 Å². The fraction of sp³-hybridized carbons (Fsp3) is 0.750. The Balaban J connectivity index is 1.82. The first-order valence-electron chi connectivity index (χ1n) is 7.81. The first-order chi connectivity index (χ1) is 9.58. The average Bonchev–Trinajstić information content (AvgIpc) is 3.12. The Labute approximate surface area is 119 Å². The van der Waals surface area contributed by atoms with Crippen molar-refractivity contribution in [2.45, 2.75) is 51.0 Å². The molecule has 1 N–H and O–H groups in total. The number of likely N-dealkylation sites (tertiary alicyclic amines) is 1. The number of hydrogen-bond donors (Lipinski definition) is 1. The van der Waals surface area contributed by atoms with Gasteiger partial charge in [-0.3, -0.25) is 4.79 Å². The molecular formula is C16H23NO3. The second kappa shape index (κ2) is 4.90. The molecule has 0 spiro atoms. The lowest BCUT2D eigenvalue weighted by molar-refractivity contribution is -0.159. The summed E-state index contributed by atoms with van der Waals surface area (Å²) in [5, 5.41) is 9.68. The van der Waals surface area contributed by atoms with Crippen LogP contribution in [0.2, 0.25) is 0 Å². The van der Waals surface area contributed by atoms with Gasteiger partial charge < -0.3 is 10.0 Å². The summed E-state index contributed by atoms with van der Waals surface area (Å²) in [6.45, 7) is 2.61. The number of hydrogen-bond acceptors (Lipinski definition) is 2. The molecule has 4 unspecified atom stereocenters. The molecular weight excluding hydrogens is 254 g/mol. The summed E-state index contributed by atoms with van der Waals surface area (Å²) < 4.78 is 0. The van der Waals surface area contributed by atoms with E-state index in [4.69, 9.17) is 0 Å². The third-order valence-electron chi connectivity index (χ3n) is 5.41. The maximum Gasteiger partial charge on any atom is 0.329 e. The third-order valence-corrected chi connectivity index (χ3v) is 5.41. The zero-order valence-electron chi connectivity index (χ0n) is 12.0. The summed E-state index contributed by atoms with van der Waals surface area (Å²) in [6.07, 6.45) is 9.17. The van der Waals surface area contributed by atoms with Gasteiger partial charge in [0.1, 0.15) is 5.54 Å². The number of nitrogens with zero attached hydrogens (tertiary/aromatic N) is 1. The summed E-state index contributed by atoms with van der Waals surface area (Å²) in [5.74, 6) is 0.195. The van der Waals surface area contributed by atoms with Crippen molar-refractivity contribution >= 4 is 11.9 Å². The van der Waals surface area contributed by atoms with Crippen LogP contribution in [-0.2, 0) is 9.59 Å². The van der Waals surface area contributed by atoms with E-state index in [9.17, 15) is 14.7 Å². The molecule has 1 aliphatic heterocycles. The third kappa shape index (κ3) is 1.88. The van der Waals surface area contributed by atoms with Crippen LogP contribution in [0.1, 0.15) is 45.4 Å². The van der Waals surface area contributed by atoms with Crippen molar-refractivity contribution in [2.75, 3.05) is 6.54 Å². The standard InChI is InChI=1S/C16H23NO3/c1-2-6-16(15(19)20)7-3-8-17(16)14(18)13-10-11-4-5-12(13)9-11/h4-5,11-13H,2-3,6-10H2,1H3,(H,19,20). The number of fused-ring (bicyclic) bond motifs is 2. The Morgan fingerprint density at radius 1 is 1.35 bits per heavy atom. The van der Waals surface area contributed by atoms with Crippen LogP contribution in [0.15, 0.2) is 12.2 Å². The van der Waals surface area contributed by atoms with Crippen LogP contribution in [0, 0.1) is 17.8 Å². The van der Waals surface area contributed by atoms with Crippen LogP contribution >= 0.6 is 0 Å². The van der Waals surface area contributed by atoms with Crippen molar-refractivity contribution in [1.82, 2.24) is 4.90 Å². The normalized spacial score (nSPS) is 38.6. The van der Waals surface area contributed by atoms with Gasteiger partial charge >= 0.3 is 5.97 Å². The first-order valence-corrected chi connectivity index (χ1v) is 7.81. The number of carbonyl (C=O) groups is 2. The molecule has 0 aromatic carbocycles. The Bertz CT molecular complexity index is 459.